The summed E-state index contributed by atoms with van der Waals surface area (Å²) in [4.78, 5) is 24.8. The van der Waals surface area contributed by atoms with Gasteiger partial charge in [0.2, 0.25) is 12.1 Å². The number of Topliss-reactive ketones (excluding diaryl/α,β-unsaturated/α-hetero) is 1. The predicted molar refractivity (Wildman–Crippen MR) is 159 cm³/mol. The first-order valence-corrected chi connectivity index (χ1v) is 15.7. The van der Waals surface area contributed by atoms with Gasteiger partial charge in [-0.2, -0.15) is 0 Å². The second-order valence-electron chi connectivity index (χ2n) is 13.9. The van der Waals surface area contributed by atoms with Gasteiger partial charge in [-0.05, 0) is 85.0 Å². The lowest BCUT2D eigenvalue weighted by molar-refractivity contribution is -0.682. The van der Waals surface area contributed by atoms with Crippen LogP contribution in [0, 0.1) is 28.6 Å². The zero-order valence-corrected chi connectivity index (χ0v) is 24.7. The Morgan fingerprint density at radius 2 is 1.83 bits per heavy atom. The first kappa shape index (κ1) is 26.7. The molecular weight excluding hydrogens is 508 g/mol. The summed E-state index contributed by atoms with van der Waals surface area (Å²) in [6.07, 6.45) is 18.3. The summed E-state index contributed by atoms with van der Waals surface area (Å²) in [6.45, 7) is 6.96. The van der Waals surface area contributed by atoms with Crippen LogP contribution in [0.1, 0.15) is 88.5 Å². The maximum Gasteiger partial charge on any atom is 0.302 e. The lowest BCUT2D eigenvalue weighted by atomic mass is 9.48. The van der Waals surface area contributed by atoms with Crippen LogP contribution >= 0.6 is 0 Å². The van der Waals surface area contributed by atoms with Gasteiger partial charge in [0, 0.05) is 24.3 Å². The molecule has 7 rings (SSSR count). The Hall–Kier alpha value is -3.21. The van der Waals surface area contributed by atoms with Gasteiger partial charge in [0.1, 0.15) is 24.5 Å². The van der Waals surface area contributed by atoms with Crippen LogP contribution in [0.2, 0.25) is 0 Å². The van der Waals surface area contributed by atoms with E-state index in [0.29, 0.717) is 12.6 Å². The Bertz CT molecular complexity index is 1540. The minimum atomic E-state index is -0.150. The number of ketones is 1. The number of carbonyl (C=O) groups is 2. The van der Waals surface area contributed by atoms with Gasteiger partial charge in [-0.15, -0.1) is 0 Å². The van der Waals surface area contributed by atoms with Gasteiger partial charge in [-0.3, -0.25) is 9.59 Å². The standard InChI is InChI=1S/C36H43N2O3/c1-24(39)41-29-14-16-35(2)28(21-29)10-11-30-31-12-13-34(36(31,3)17-15-32(30)35)38-19-18-37(23-38)22-33(40)27-9-8-25-6-4-5-7-26(25)20-27/h4-10,18-20,23,29-32,34H,11-17,21-22H2,1-3H3/q+1/t29-,30-,31-,32-,34-,35-,36-/m0/s1. The highest BCUT2D eigenvalue weighted by Gasteiger charge is 2.60. The van der Waals surface area contributed by atoms with Gasteiger partial charge < -0.3 is 4.74 Å². The largest absolute Gasteiger partial charge is 0.462 e. The molecule has 0 amide bonds. The quantitative estimate of drug-likeness (QED) is 0.145. The van der Waals surface area contributed by atoms with Gasteiger partial charge >= 0.3 is 5.97 Å². The Morgan fingerprint density at radius 3 is 2.66 bits per heavy atom. The highest BCUT2D eigenvalue weighted by molar-refractivity contribution is 5.99. The molecule has 7 atom stereocenters. The van der Waals surface area contributed by atoms with E-state index >= 15 is 0 Å². The van der Waals surface area contributed by atoms with E-state index in [4.69, 9.17) is 4.74 Å². The van der Waals surface area contributed by atoms with E-state index in [9.17, 15) is 9.59 Å². The molecule has 2 aromatic carbocycles. The summed E-state index contributed by atoms with van der Waals surface area (Å²) >= 11 is 0. The van der Waals surface area contributed by atoms with E-state index in [-0.39, 0.29) is 28.7 Å². The van der Waals surface area contributed by atoms with Crippen molar-refractivity contribution in [1.82, 2.24) is 4.57 Å². The normalized spacial score (nSPS) is 34.3. The average Bonchev–Trinajstić information content (AvgIpc) is 3.56. The second-order valence-corrected chi connectivity index (χ2v) is 13.9. The number of imidazole rings is 1. The fraction of sp³-hybridized carbons (Fsp3) is 0.528. The first-order chi connectivity index (χ1) is 19.7. The zero-order valence-electron chi connectivity index (χ0n) is 24.7. The minimum Gasteiger partial charge on any atom is -0.462 e. The molecule has 0 spiro atoms. The molecule has 3 saturated carbocycles. The minimum absolute atomic E-state index is 0.0571. The number of rotatable bonds is 5. The molecule has 41 heavy (non-hydrogen) atoms. The smallest absolute Gasteiger partial charge is 0.302 e. The Morgan fingerprint density at radius 1 is 1.00 bits per heavy atom. The summed E-state index contributed by atoms with van der Waals surface area (Å²) in [5, 5.41) is 2.27. The molecule has 0 unspecified atom stereocenters. The number of benzene rings is 2. The topological polar surface area (TPSA) is 52.2 Å². The van der Waals surface area contributed by atoms with E-state index in [1.54, 1.807) is 5.57 Å². The molecule has 5 heteroatoms. The molecule has 0 radical (unpaired) electrons. The third-order valence-corrected chi connectivity index (χ3v) is 11.8. The summed E-state index contributed by atoms with van der Waals surface area (Å²) in [7, 11) is 0. The average molecular weight is 552 g/mol. The van der Waals surface area contributed by atoms with E-state index in [2.05, 4.69) is 59.9 Å². The Balaban J connectivity index is 1.07. The van der Waals surface area contributed by atoms with Crippen LogP contribution in [-0.4, -0.2) is 22.4 Å². The van der Waals surface area contributed by atoms with Crippen molar-refractivity contribution in [1.29, 1.82) is 0 Å². The van der Waals surface area contributed by atoms with E-state index in [1.165, 1.54) is 39.0 Å². The highest BCUT2D eigenvalue weighted by atomic mass is 16.5. The Kier molecular flexibility index (Phi) is 6.48. The summed E-state index contributed by atoms with van der Waals surface area (Å²) in [6, 6.07) is 14.7. The van der Waals surface area contributed by atoms with Crippen LogP contribution in [-0.2, 0) is 16.1 Å². The number of nitrogens with zero attached hydrogens (tertiary/aromatic N) is 2. The molecule has 4 aliphatic rings. The van der Waals surface area contributed by atoms with Crippen LogP contribution in [0.15, 0.2) is 72.8 Å². The van der Waals surface area contributed by atoms with Crippen molar-refractivity contribution in [3.05, 3.63) is 78.4 Å². The molecule has 0 saturated heterocycles. The number of esters is 1. The third-order valence-electron chi connectivity index (χ3n) is 11.8. The van der Waals surface area contributed by atoms with Crippen LogP contribution in [0.3, 0.4) is 0 Å². The van der Waals surface area contributed by atoms with Gasteiger partial charge in [-0.1, -0.05) is 61.9 Å². The van der Waals surface area contributed by atoms with Gasteiger partial charge in [0.25, 0.3) is 0 Å². The van der Waals surface area contributed by atoms with Crippen LogP contribution in [0.25, 0.3) is 10.8 Å². The van der Waals surface area contributed by atoms with Crippen molar-refractivity contribution in [2.75, 3.05) is 0 Å². The number of aromatic nitrogens is 2. The molecule has 214 valence electrons. The molecule has 3 aromatic rings. The fourth-order valence-corrected chi connectivity index (χ4v) is 9.73. The number of ether oxygens (including phenoxy) is 1. The summed E-state index contributed by atoms with van der Waals surface area (Å²) < 4.78 is 10.1. The van der Waals surface area contributed by atoms with Gasteiger partial charge in [0.15, 0.2) is 6.54 Å². The van der Waals surface area contributed by atoms with Crippen LogP contribution in [0.5, 0.6) is 0 Å². The number of allylic oxidation sites excluding steroid dienone is 1. The molecule has 0 aliphatic heterocycles. The number of hydrogen-bond donors (Lipinski definition) is 0. The monoisotopic (exact) mass is 551 g/mol. The van der Waals surface area contributed by atoms with Crippen molar-refractivity contribution in [3.8, 4) is 0 Å². The van der Waals surface area contributed by atoms with Crippen molar-refractivity contribution in [2.45, 2.75) is 90.8 Å². The Labute approximate surface area is 243 Å². The predicted octanol–water partition coefficient (Wildman–Crippen LogP) is 7.25. The van der Waals surface area contributed by atoms with Crippen molar-refractivity contribution < 1.29 is 18.9 Å². The summed E-state index contributed by atoms with van der Waals surface area (Å²) in [5.74, 6) is 2.18. The summed E-state index contributed by atoms with van der Waals surface area (Å²) in [5.41, 5.74) is 2.85. The third kappa shape index (κ3) is 4.47. The molecule has 5 nitrogen and oxygen atoms in total. The zero-order chi connectivity index (χ0) is 28.4. The molecule has 4 aliphatic carbocycles. The SMILES string of the molecule is CC(=O)O[C@H]1CC[C@@]2(C)C(=CC[C@H]3[C@@H]4CC[C@H](n5cc[n+](CC(=O)c6ccc7ccccc7c6)c5)[C@@]4(C)CC[C@@H]32)C1. The lowest BCUT2D eigenvalue weighted by Crippen LogP contribution is -2.50. The van der Waals surface area contributed by atoms with Crippen LogP contribution in [0.4, 0.5) is 0 Å². The molecule has 1 heterocycles. The maximum absolute atomic E-state index is 13.2. The van der Waals surface area contributed by atoms with E-state index < -0.39 is 0 Å². The molecule has 0 bridgehead atoms. The molecule has 0 N–H and O–H groups in total. The highest BCUT2D eigenvalue weighted by Crippen LogP contribution is 2.67. The van der Waals surface area contributed by atoms with Crippen molar-refractivity contribution in [3.63, 3.8) is 0 Å². The lowest BCUT2D eigenvalue weighted by Gasteiger charge is -2.57. The maximum atomic E-state index is 13.2. The van der Waals surface area contributed by atoms with Gasteiger partial charge in [0.05, 0.1) is 0 Å². The number of hydrogen-bond acceptors (Lipinski definition) is 3. The van der Waals surface area contributed by atoms with Crippen LogP contribution < -0.4 is 4.57 Å². The van der Waals surface area contributed by atoms with Crippen molar-refractivity contribution >= 4 is 22.5 Å². The molecular formula is C36H43N2O3+. The van der Waals surface area contributed by atoms with Gasteiger partial charge in [-0.25, -0.2) is 9.13 Å². The fourth-order valence-electron chi connectivity index (χ4n) is 9.73. The molecule has 3 fully saturated rings. The van der Waals surface area contributed by atoms with Crippen molar-refractivity contribution in [2.24, 2.45) is 28.6 Å². The van der Waals surface area contributed by atoms with E-state index in [0.717, 1.165) is 53.4 Å². The van der Waals surface area contributed by atoms with E-state index in [1.807, 2.05) is 30.3 Å². The first-order valence-electron chi connectivity index (χ1n) is 15.7. The second kappa shape index (κ2) is 9.96. The molecule has 1 aromatic heterocycles. The number of fused-ring (bicyclic) bond motifs is 6. The number of carbonyl (C=O) groups excluding carboxylic acids is 2.